The molecule has 1 atom stereocenters. The van der Waals surface area contributed by atoms with Crippen molar-refractivity contribution in [3.05, 3.63) is 57.6 Å². The van der Waals surface area contributed by atoms with Crippen LogP contribution in [0.1, 0.15) is 22.6 Å². The number of benzene rings is 2. The average Bonchev–Trinajstić information content (AvgIpc) is 2.89. The lowest BCUT2D eigenvalue weighted by Gasteiger charge is -2.16. The van der Waals surface area contributed by atoms with Gasteiger partial charge < -0.3 is 9.47 Å². The first-order valence-corrected chi connectivity index (χ1v) is 8.21. The molecule has 0 spiro atoms. The third kappa shape index (κ3) is 3.04. The highest BCUT2D eigenvalue weighted by molar-refractivity contribution is 9.10. The van der Waals surface area contributed by atoms with Crippen LogP contribution in [-0.4, -0.2) is 13.2 Å². The molecule has 0 aliphatic carbocycles. The topological polar surface area (TPSA) is 18.5 Å². The van der Waals surface area contributed by atoms with Gasteiger partial charge in [0.05, 0.1) is 25.0 Å². The van der Waals surface area contributed by atoms with Crippen molar-refractivity contribution in [2.24, 2.45) is 0 Å². The molecule has 0 fully saturated rings. The molecule has 0 bridgehead atoms. The summed E-state index contributed by atoms with van der Waals surface area (Å²) in [4.78, 5) is 0. The summed E-state index contributed by atoms with van der Waals surface area (Å²) < 4.78 is 12.8. The molecule has 1 aliphatic heterocycles. The van der Waals surface area contributed by atoms with E-state index >= 15 is 0 Å². The Kier molecular flexibility index (Phi) is 4.41. The predicted octanol–water partition coefficient (Wildman–Crippen LogP) is 5.05. The molecule has 2 nitrogen and oxygen atoms in total. The number of aryl methyl sites for hydroxylation is 1. The van der Waals surface area contributed by atoms with Crippen LogP contribution in [0.2, 0.25) is 0 Å². The second-order valence-corrected chi connectivity index (χ2v) is 6.38. The van der Waals surface area contributed by atoms with Gasteiger partial charge in [-0.15, -0.1) is 11.6 Å². The second-order valence-electron chi connectivity index (χ2n) is 5.20. The minimum absolute atomic E-state index is 0.271. The van der Waals surface area contributed by atoms with E-state index in [1.165, 1.54) is 5.56 Å². The molecule has 1 unspecified atom stereocenters. The van der Waals surface area contributed by atoms with Gasteiger partial charge in [-0.1, -0.05) is 34.1 Å². The van der Waals surface area contributed by atoms with E-state index < -0.39 is 0 Å². The van der Waals surface area contributed by atoms with E-state index in [4.69, 9.17) is 21.1 Å². The first-order valence-electron chi connectivity index (χ1n) is 6.88. The fraction of sp³-hybridized carbons (Fsp3) is 0.294. The van der Waals surface area contributed by atoms with Crippen LogP contribution in [0, 0.1) is 6.92 Å². The maximum Gasteiger partial charge on any atom is 0.126 e. The van der Waals surface area contributed by atoms with E-state index in [0.717, 1.165) is 27.1 Å². The molecule has 0 N–H and O–H groups in total. The lowest BCUT2D eigenvalue weighted by Crippen LogP contribution is -2.13. The van der Waals surface area contributed by atoms with Crippen molar-refractivity contribution < 1.29 is 9.47 Å². The van der Waals surface area contributed by atoms with Gasteiger partial charge in [0, 0.05) is 15.6 Å². The van der Waals surface area contributed by atoms with Crippen LogP contribution in [0.15, 0.2) is 40.9 Å². The summed E-state index contributed by atoms with van der Waals surface area (Å²) in [5.41, 5.74) is 3.32. The Morgan fingerprint density at radius 1 is 1.33 bits per heavy atom. The van der Waals surface area contributed by atoms with Gasteiger partial charge in [0.1, 0.15) is 11.5 Å². The number of fused-ring (bicyclic) bond motifs is 1. The van der Waals surface area contributed by atoms with Crippen LogP contribution in [0.5, 0.6) is 11.5 Å². The minimum atomic E-state index is 0.271. The van der Waals surface area contributed by atoms with Gasteiger partial charge in [0.15, 0.2) is 0 Å². The maximum absolute atomic E-state index is 6.07. The molecule has 1 aliphatic rings. The summed E-state index contributed by atoms with van der Waals surface area (Å²) in [6.45, 7) is 3.31. The Bertz CT molecular complexity index is 657. The lowest BCUT2D eigenvalue weighted by molar-refractivity contribution is 0.246. The Morgan fingerprint density at radius 2 is 2.14 bits per heavy atom. The third-order valence-corrected chi connectivity index (χ3v) is 4.43. The Labute approximate surface area is 138 Å². The van der Waals surface area contributed by atoms with E-state index in [0.29, 0.717) is 19.1 Å². The molecule has 2 aromatic rings. The van der Waals surface area contributed by atoms with Gasteiger partial charge in [-0.2, -0.15) is 0 Å². The summed E-state index contributed by atoms with van der Waals surface area (Å²) in [6.07, 6.45) is 0. The van der Waals surface area contributed by atoms with Crippen molar-refractivity contribution >= 4 is 27.5 Å². The van der Waals surface area contributed by atoms with Crippen LogP contribution in [0.4, 0.5) is 0 Å². The monoisotopic (exact) mass is 366 g/mol. The van der Waals surface area contributed by atoms with Crippen molar-refractivity contribution in [3.63, 3.8) is 0 Å². The highest BCUT2D eigenvalue weighted by atomic mass is 79.9. The molecule has 3 rings (SSSR count). The molecule has 0 aromatic heterocycles. The van der Waals surface area contributed by atoms with E-state index in [-0.39, 0.29) is 5.92 Å². The van der Waals surface area contributed by atoms with Gasteiger partial charge >= 0.3 is 0 Å². The Balaban J connectivity index is 1.78. The number of hydrogen-bond donors (Lipinski definition) is 0. The van der Waals surface area contributed by atoms with Crippen molar-refractivity contribution in [1.82, 2.24) is 0 Å². The third-order valence-electron chi connectivity index (χ3n) is 3.69. The second kappa shape index (κ2) is 6.29. The van der Waals surface area contributed by atoms with Crippen molar-refractivity contribution in [1.29, 1.82) is 0 Å². The van der Waals surface area contributed by atoms with Gasteiger partial charge in [-0.25, -0.2) is 0 Å². The van der Waals surface area contributed by atoms with E-state index in [1.54, 1.807) is 0 Å². The molecule has 21 heavy (non-hydrogen) atoms. The highest BCUT2D eigenvalue weighted by Gasteiger charge is 2.24. The van der Waals surface area contributed by atoms with Crippen LogP contribution in [-0.2, 0) is 5.88 Å². The van der Waals surface area contributed by atoms with Gasteiger partial charge in [-0.3, -0.25) is 0 Å². The first-order chi connectivity index (χ1) is 10.2. The number of rotatable bonds is 4. The normalized spacial score (nSPS) is 16.4. The summed E-state index contributed by atoms with van der Waals surface area (Å²) >= 11 is 9.52. The SMILES string of the molecule is Cc1cc(Br)cc(CCl)c1OCC1COc2ccccc21. The predicted molar refractivity (Wildman–Crippen MR) is 88.6 cm³/mol. The summed E-state index contributed by atoms with van der Waals surface area (Å²) in [6, 6.07) is 12.2. The molecule has 1 heterocycles. The molecule has 0 amide bonds. The standard InChI is InChI=1S/C17H16BrClO2/c1-11-6-14(18)7-12(8-19)17(11)21-10-13-9-20-16-5-3-2-4-15(13)16/h2-7,13H,8-10H2,1H3. The summed E-state index contributed by atoms with van der Waals surface area (Å²) in [5, 5.41) is 0. The fourth-order valence-electron chi connectivity index (χ4n) is 2.66. The van der Waals surface area contributed by atoms with Crippen LogP contribution >= 0.6 is 27.5 Å². The number of alkyl halides is 1. The Morgan fingerprint density at radius 3 is 2.95 bits per heavy atom. The quantitative estimate of drug-likeness (QED) is 0.704. The van der Waals surface area contributed by atoms with Crippen molar-refractivity contribution in [2.45, 2.75) is 18.7 Å². The molecule has 2 aromatic carbocycles. The van der Waals surface area contributed by atoms with Gasteiger partial charge in [0.2, 0.25) is 0 Å². The smallest absolute Gasteiger partial charge is 0.126 e. The number of halogens is 2. The van der Waals surface area contributed by atoms with Crippen LogP contribution in [0.25, 0.3) is 0 Å². The number of hydrogen-bond acceptors (Lipinski definition) is 2. The average molecular weight is 368 g/mol. The van der Waals surface area contributed by atoms with E-state index in [2.05, 4.69) is 22.0 Å². The highest BCUT2D eigenvalue weighted by Crippen LogP contribution is 2.35. The summed E-state index contributed by atoms with van der Waals surface area (Å²) in [5.74, 6) is 2.56. The number of ether oxygens (including phenoxy) is 2. The zero-order valence-electron chi connectivity index (χ0n) is 11.7. The zero-order valence-corrected chi connectivity index (χ0v) is 14.1. The largest absolute Gasteiger partial charge is 0.493 e. The molecular formula is C17H16BrClO2. The lowest BCUT2D eigenvalue weighted by atomic mass is 10.0. The summed E-state index contributed by atoms with van der Waals surface area (Å²) in [7, 11) is 0. The molecule has 4 heteroatoms. The maximum atomic E-state index is 6.07. The fourth-order valence-corrected chi connectivity index (χ4v) is 3.47. The van der Waals surface area contributed by atoms with E-state index in [1.807, 2.05) is 37.3 Å². The molecule has 110 valence electrons. The van der Waals surface area contributed by atoms with Crippen LogP contribution in [0.3, 0.4) is 0 Å². The zero-order chi connectivity index (χ0) is 14.8. The number of para-hydroxylation sites is 1. The molecule has 0 saturated carbocycles. The Hall–Kier alpha value is -1.19. The minimum Gasteiger partial charge on any atom is -0.493 e. The van der Waals surface area contributed by atoms with Crippen LogP contribution < -0.4 is 9.47 Å². The van der Waals surface area contributed by atoms with Gasteiger partial charge in [0.25, 0.3) is 0 Å². The van der Waals surface area contributed by atoms with Crippen molar-refractivity contribution in [3.8, 4) is 11.5 Å². The molecular weight excluding hydrogens is 352 g/mol. The van der Waals surface area contributed by atoms with Crippen molar-refractivity contribution in [2.75, 3.05) is 13.2 Å². The van der Waals surface area contributed by atoms with E-state index in [9.17, 15) is 0 Å². The first kappa shape index (κ1) is 14.7. The molecule has 0 saturated heterocycles. The van der Waals surface area contributed by atoms with Gasteiger partial charge in [-0.05, 0) is 30.7 Å². The molecule has 0 radical (unpaired) electrons.